The Labute approximate surface area is 156 Å². The molecule has 0 aromatic carbocycles. The van der Waals surface area contributed by atoms with Crippen LogP contribution in [0.15, 0.2) is 30.1 Å². The van der Waals surface area contributed by atoms with Crippen molar-refractivity contribution in [3.63, 3.8) is 0 Å². The zero-order valence-corrected chi connectivity index (χ0v) is 15.8. The van der Waals surface area contributed by atoms with Gasteiger partial charge in [0.1, 0.15) is 0 Å². The Morgan fingerprint density at radius 1 is 1.04 bits per heavy atom. The molecule has 0 saturated carbocycles. The average Bonchev–Trinajstić information content (AvgIpc) is 2.83. The highest BCUT2D eigenvalue weighted by atomic mass is 15.3. The third-order valence-corrected chi connectivity index (χ3v) is 6.65. The summed E-state index contributed by atoms with van der Waals surface area (Å²) in [4.78, 5) is 17.4. The van der Waals surface area contributed by atoms with Gasteiger partial charge in [0.05, 0.1) is 5.69 Å². The molecule has 26 heavy (non-hydrogen) atoms. The van der Waals surface area contributed by atoms with Crippen LogP contribution in [0.1, 0.15) is 37.4 Å². The third-order valence-electron chi connectivity index (χ3n) is 6.65. The second-order valence-corrected chi connectivity index (χ2v) is 8.20. The number of hydrogen-bond acceptors (Lipinski definition) is 5. The Morgan fingerprint density at radius 2 is 1.92 bits per heavy atom. The fourth-order valence-corrected chi connectivity index (χ4v) is 4.97. The predicted molar refractivity (Wildman–Crippen MR) is 104 cm³/mol. The topological polar surface area (TPSA) is 35.5 Å². The van der Waals surface area contributed by atoms with Gasteiger partial charge in [0.25, 0.3) is 0 Å². The molecule has 1 aromatic rings. The molecule has 2 unspecified atom stereocenters. The van der Waals surface area contributed by atoms with Gasteiger partial charge in [-0.25, -0.2) is 9.97 Å². The van der Waals surface area contributed by atoms with E-state index in [0.717, 1.165) is 57.6 Å². The van der Waals surface area contributed by atoms with Crippen LogP contribution in [0, 0.1) is 0 Å². The molecule has 2 atom stereocenters. The summed E-state index contributed by atoms with van der Waals surface area (Å²) in [5.74, 6) is 0.956. The van der Waals surface area contributed by atoms with Crippen LogP contribution in [-0.2, 0) is 12.8 Å². The largest absolute Gasteiger partial charge is 0.371 e. The van der Waals surface area contributed by atoms with Gasteiger partial charge in [0.15, 0.2) is 0 Å². The number of fused-ring (bicyclic) bond motifs is 2. The molecule has 1 aliphatic carbocycles. The Balaban J connectivity index is 1.30. The van der Waals surface area contributed by atoms with Crippen LogP contribution in [0.4, 0.5) is 5.95 Å². The molecule has 3 aliphatic heterocycles. The van der Waals surface area contributed by atoms with Crippen molar-refractivity contribution in [1.82, 2.24) is 19.8 Å². The molecule has 5 heteroatoms. The summed E-state index contributed by atoms with van der Waals surface area (Å²) in [6.45, 7) is 7.83. The van der Waals surface area contributed by atoms with E-state index in [1.165, 1.54) is 36.2 Å². The van der Waals surface area contributed by atoms with Crippen molar-refractivity contribution in [1.29, 1.82) is 0 Å². The second kappa shape index (κ2) is 6.69. The van der Waals surface area contributed by atoms with E-state index in [0.29, 0.717) is 6.04 Å². The van der Waals surface area contributed by atoms with E-state index in [1.807, 2.05) is 0 Å². The van der Waals surface area contributed by atoms with Gasteiger partial charge in [0, 0.05) is 63.1 Å². The lowest BCUT2D eigenvalue weighted by Gasteiger charge is -2.47. The molecule has 2 fully saturated rings. The van der Waals surface area contributed by atoms with Gasteiger partial charge in [0.2, 0.25) is 5.95 Å². The van der Waals surface area contributed by atoms with Gasteiger partial charge in [-0.05, 0) is 43.9 Å². The maximum atomic E-state index is 5.02. The standard InChI is InChI=1S/C21H29N5/c1-16-4-2-7-19-15-25(12-13-26(16)19)21-22-14-17-8-10-24(18-5-3-6-18)11-9-20(17)23-21/h3,5-6,14,16,19H,2,4,7-13,15H2,1H3. The predicted octanol–water partition coefficient (Wildman–Crippen LogP) is 2.39. The molecular weight excluding hydrogens is 322 g/mol. The number of nitrogens with zero attached hydrogens (tertiary/aromatic N) is 5. The first-order valence-electron chi connectivity index (χ1n) is 10.3. The van der Waals surface area contributed by atoms with Crippen molar-refractivity contribution in [3.8, 4) is 0 Å². The molecule has 2 saturated heterocycles. The fourth-order valence-electron chi connectivity index (χ4n) is 4.97. The zero-order chi connectivity index (χ0) is 17.5. The van der Waals surface area contributed by atoms with Crippen LogP contribution in [0.25, 0.3) is 0 Å². The van der Waals surface area contributed by atoms with Crippen molar-refractivity contribution < 1.29 is 0 Å². The maximum Gasteiger partial charge on any atom is 0.225 e. The summed E-state index contributed by atoms with van der Waals surface area (Å²) < 4.78 is 0. The molecule has 0 radical (unpaired) electrons. The van der Waals surface area contributed by atoms with E-state index in [1.54, 1.807) is 0 Å². The average molecular weight is 351 g/mol. The van der Waals surface area contributed by atoms with E-state index in [2.05, 4.69) is 46.0 Å². The lowest BCUT2D eigenvalue weighted by molar-refractivity contribution is 0.0813. The smallest absolute Gasteiger partial charge is 0.225 e. The number of anilines is 1. The molecule has 0 spiro atoms. The second-order valence-electron chi connectivity index (χ2n) is 8.20. The molecule has 4 heterocycles. The first-order chi connectivity index (χ1) is 12.8. The molecule has 5 nitrogen and oxygen atoms in total. The highest BCUT2D eigenvalue weighted by Crippen LogP contribution is 2.28. The highest BCUT2D eigenvalue weighted by molar-refractivity contribution is 5.37. The van der Waals surface area contributed by atoms with Crippen molar-refractivity contribution in [2.24, 2.45) is 0 Å². The summed E-state index contributed by atoms with van der Waals surface area (Å²) in [5.41, 5.74) is 3.97. The number of piperidine rings is 1. The van der Waals surface area contributed by atoms with E-state index in [4.69, 9.17) is 9.97 Å². The van der Waals surface area contributed by atoms with Gasteiger partial charge in [-0.1, -0.05) is 12.5 Å². The Morgan fingerprint density at radius 3 is 2.77 bits per heavy atom. The van der Waals surface area contributed by atoms with Gasteiger partial charge < -0.3 is 9.80 Å². The number of rotatable bonds is 2. The molecule has 0 N–H and O–H groups in total. The minimum absolute atomic E-state index is 0.683. The highest BCUT2D eigenvalue weighted by Gasteiger charge is 2.33. The molecule has 0 bridgehead atoms. The number of hydrogen-bond donors (Lipinski definition) is 0. The zero-order valence-electron chi connectivity index (χ0n) is 15.8. The fraction of sp³-hybridized carbons (Fsp3) is 0.619. The van der Waals surface area contributed by atoms with Crippen molar-refractivity contribution in [3.05, 3.63) is 41.4 Å². The van der Waals surface area contributed by atoms with Gasteiger partial charge >= 0.3 is 0 Å². The summed E-state index contributed by atoms with van der Waals surface area (Å²) in [5, 5.41) is 0. The Bertz CT molecular complexity index is 740. The maximum absolute atomic E-state index is 5.02. The van der Waals surface area contributed by atoms with Gasteiger partial charge in [-0.2, -0.15) is 0 Å². The van der Waals surface area contributed by atoms with Gasteiger partial charge in [-0.15, -0.1) is 0 Å². The van der Waals surface area contributed by atoms with Crippen LogP contribution in [-0.4, -0.2) is 64.6 Å². The number of allylic oxidation sites excluding steroid dienone is 3. The third kappa shape index (κ3) is 2.92. The van der Waals surface area contributed by atoms with Crippen LogP contribution < -0.4 is 4.90 Å². The Kier molecular flexibility index (Phi) is 4.20. The summed E-state index contributed by atoms with van der Waals surface area (Å²) in [6.07, 6.45) is 14.7. The lowest BCUT2D eigenvalue weighted by Crippen LogP contribution is -2.58. The minimum atomic E-state index is 0.683. The molecule has 1 aromatic heterocycles. The van der Waals surface area contributed by atoms with E-state index >= 15 is 0 Å². The van der Waals surface area contributed by atoms with Crippen molar-refractivity contribution >= 4 is 5.95 Å². The SMILES string of the molecule is CC1CCCC2CN(c3ncc4c(n3)CCN(C3=CC=C3)CC4)CCN12. The summed E-state index contributed by atoms with van der Waals surface area (Å²) >= 11 is 0. The Hall–Kier alpha value is -1.88. The quantitative estimate of drug-likeness (QED) is 0.818. The summed E-state index contributed by atoms with van der Waals surface area (Å²) in [6, 6.07) is 1.42. The first-order valence-corrected chi connectivity index (χ1v) is 10.3. The van der Waals surface area contributed by atoms with E-state index in [9.17, 15) is 0 Å². The van der Waals surface area contributed by atoms with Crippen LogP contribution in [0.2, 0.25) is 0 Å². The molecule has 0 amide bonds. The van der Waals surface area contributed by atoms with Crippen LogP contribution >= 0.6 is 0 Å². The first kappa shape index (κ1) is 16.3. The van der Waals surface area contributed by atoms with Crippen LogP contribution in [0.3, 0.4) is 0 Å². The van der Waals surface area contributed by atoms with Crippen molar-refractivity contribution in [2.75, 3.05) is 37.6 Å². The molecular formula is C21H29N5. The minimum Gasteiger partial charge on any atom is -0.371 e. The molecule has 138 valence electrons. The normalized spacial score (nSPS) is 28.7. The van der Waals surface area contributed by atoms with Crippen LogP contribution in [0.5, 0.6) is 0 Å². The summed E-state index contributed by atoms with van der Waals surface area (Å²) in [7, 11) is 0. The van der Waals surface area contributed by atoms with Gasteiger partial charge in [-0.3, -0.25) is 4.90 Å². The molecule has 4 aliphatic rings. The monoisotopic (exact) mass is 351 g/mol. The van der Waals surface area contributed by atoms with E-state index < -0.39 is 0 Å². The number of aromatic nitrogens is 2. The lowest BCUT2D eigenvalue weighted by atomic mass is 9.94. The van der Waals surface area contributed by atoms with Crippen molar-refractivity contribution in [2.45, 2.75) is 51.1 Å². The van der Waals surface area contributed by atoms with E-state index in [-0.39, 0.29) is 0 Å². The number of piperazine rings is 1. The molecule has 5 rings (SSSR count).